The molecule has 0 aliphatic carbocycles. The van der Waals surface area contributed by atoms with Crippen molar-refractivity contribution in [3.05, 3.63) is 50.9 Å². The third-order valence-corrected chi connectivity index (χ3v) is 5.48. The fourth-order valence-corrected chi connectivity index (χ4v) is 3.44. The third kappa shape index (κ3) is 7.86. The lowest BCUT2D eigenvalue weighted by Crippen LogP contribution is -2.34. The zero-order valence-corrected chi connectivity index (χ0v) is 21.4. The number of hydrogen-bond acceptors (Lipinski definition) is 7. The summed E-state index contributed by atoms with van der Waals surface area (Å²) in [6, 6.07) is 10.4. The highest BCUT2D eigenvalue weighted by Gasteiger charge is 2.22. The smallest absolute Gasteiger partial charge is 0.344 e. The summed E-state index contributed by atoms with van der Waals surface area (Å²) in [4.78, 5) is 36.2. The van der Waals surface area contributed by atoms with Crippen LogP contribution in [0.5, 0.6) is 11.5 Å². The lowest BCUT2D eigenvalue weighted by Gasteiger charge is -2.13. The van der Waals surface area contributed by atoms with Gasteiger partial charge < -0.3 is 19.5 Å². The second-order valence-electron chi connectivity index (χ2n) is 6.55. The number of esters is 1. The average Bonchev–Trinajstić information content (AvgIpc) is 2.79. The van der Waals surface area contributed by atoms with Gasteiger partial charge in [0.15, 0.2) is 18.1 Å². The minimum Gasteiger partial charge on any atom is -0.493 e. The average molecular weight is 585 g/mol. The number of hydrazone groups is 1. The molecule has 1 atom stereocenters. The molecule has 0 aliphatic rings. The first-order valence-electron chi connectivity index (χ1n) is 9.81. The molecule has 2 N–H and O–H groups in total. The van der Waals surface area contributed by atoms with Crippen LogP contribution in [0.25, 0.3) is 0 Å². The number of nitrogens with zero attached hydrogens (tertiary/aromatic N) is 1. The topological polar surface area (TPSA) is 115 Å². The van der Waals surface area contributed by atoms with Crippen LogP contribution in [0.3, 0.4) is 0 Å². The Labute approximate surface area is 208 Å². The number of carbonyl (C=O) groups is 3. The van der Waals surface area contributed by atoms with Gasteiger partial charge in [-0.25, -0.2) is 10.2 Å². The van der Waals surface area contributed by atoms with Crippen molar-refractivity contribution in [2.24, 2.45) is 11.0 Å². The number of nitrogens with one attached hydrogen (secondary N) is 2. The Bertz CT molecular complexity index is 1040. The van der Waals surface area contributed by atoms with Crippen LogP contribution < -0.4 is 20.2 Å². The third-order valence-electron chi connectivity index (χ3n) is 4.20. The number of benzene rings is 2. The molecular weight excluding hydrogens is 562 g/mol. The van der Waals surface area contributed by atoms with E-state index >= 15 is 0 Å². The van der Waals surface area contributed by atoms with E-state index in [1.165, 1.54) is 20.2 Å². The Kier molecular flexibility index (Phi) is 10.3. The lowest BCUT2D eigenvalue weighted by molar-refractivity contribution is -0.145. The summed E-state index contributed by atoms with van der Waals surface area (Å²) in [5.74, 6) is -1.85. The predicted octanol–water partition coefficient (Wildman–Crippen LogP) is 3.89. The van der Waals surface area contributed by atoms with Crippen molar-refractivity contribution in [1.82, 2.24) is 5.43 Å². The molecule has 9 nitrogen and oxygen atoms in total. The van der Waals surface area contributed by atoms with Crippen LogP contribution >= 0.6 is 31.9 Å². The molecule has 2 rings (SSSR count). The highest BCUT2D eigenvalue weighted by Crippen LogP contribution is 2.36. The Morgan fingerprint density at radius 1 is 1.12 bits per heavy atom. The molecule has 2 aromatic carbocycles. The highest BCUT2D eigenvalue weighted by molar-refractivity contribution is 9.11. The Morgan fingerprint density at radius 3 is 2.52 bits per heavy atom. The molecule has 2 amide bonds. The number of para-hydroxylation sites is 1. The Balaban J connectivity index is 2.00. The van der Waals surface area contributed by atoms with Gasteiger partial charge in [-0.1, -0.05) is 12.1 Å². The van der Waals surface area contributed by atoms with E-state index in [1.54, 1.807) is 37.3 Å². The molecule has 0 aromatic heterocycles. The van der Waals surface area contributed by atoms with Crippen molar-refractivity contribution >= 4 is 61.5 Å². The molecular formula is C22H23Br2N3O6. The van der Waals surface area contributed by atoms with Gasteiger partial charge in [0.25, 0.3) is 5.91 Å². The molecule has 0 aliphatic heterocycles. The molecule has 0 heterocycles. The van der Waals surface area contributed by atoms with Crippen molar-refractivity contribution in [2.75, 3.05) is 25.6 Å². The van der Waals surface area contributed by atoms with E-state index in [4.69, 9.17) is 14.2 Å². The minimum atomic E-state index is -0.978. The van der Waals surface area contributed by atoms with Gasteiger partial charge in [0.2, 0.25) is 5.91 Å². The van der Waals surface area contributed by atoms with Gasteiger partial charge in [-0.3, -0.25) is 9.59 Å². The van der Waals surface area contributed by atoms with Crippen molar-refractivity contribution in [3.8, 4) is 11.5 Å². The minimum absolute atomic E-state index is 0.256. The Morgan fingerprint density at radius 2 is 1.85 bits per heavy atom. The maximum Gasteiger partial charge on any atom is 0.344 e. The largest absolute Gasteiger partial charge is 0.493 e. The zero-order chi connectivity index (χ0) is 24.4. The SMILES string of the molecule is CCOC(=O)COc1c(Br)cc(C=NNC(=O)C(C)C(=O)Nc2ccccc2Br)cc1OC. The van der Waals surface area contributed by atoms with Crippen LogP contribution in [0.15, 0.2) is 50.4 Å². The second-order valence-corrected chi connectivity index (χ2v) is 8.26. The van der Waals surface area contributed by atoms with Crippen LogP contribution in [0.2, 0.25) is 0 Å². The fraction of sp³-hybridized carbons (Fsp3) is 0.273. The van der Waals surface area contributed by atoms with E-state index in [2.05, 4.69) is 47.7 Å². The number of carbonyl (C=O) groups excluding carboxylic acids is 3. The summed E-state index contributed by atoms with van der Waals surface area (Å²) in [6.45, 7) is 3.17. The molecule has 2 aromatic rings. The van der Waals surface area contributed by atoms with Crippen LogP contribution in [0.1, 0.15) is 19.4 Å². The van der Waals surface area contributed by atoms with Crippen LogP contribution in [-0.4, -0.2) is 44.3 Å². The van der Waals surface area contributed by atoms with Crippen LogP contribution in [-0.2, 0) is 19.1 Å². The van der Waals surface area contributed by atoms with Crippen LogP contribution in [0.4, 0.5) is 5.69 Å². The number of hydrogen-bond donors (Lipinski definition) is 2. The Hall–Kier alpha value is -2.92. The normalized spacial score (nSPS) is 11.5. The van der Waals surface area contributed by atoms with Crippen molar-refractivity contribution in [1.29, 1.82) is 0 Å². The van der Waals surface area contributed by atoms with E-state index in [1.807, 2.05) is 6.07 Å². The van der Waals surface area contributed by atoms with Crippen molar-refractivity contribution < 1.29 is 28.6 Å². The van der Waals surface area contributed by atoms with E-state index < -0.39 is 23.7 Å². The van der Waals surface area contributed by atoms with Gasteiger partial charge in [-0.15, -0.1) is 0 Å². The van der Waals surface area contributed by atoms with E-state index in [0.29, 0.717) is 31.7 Å². The van der Waals surface area contributed by atoms with Crippen molar-refractivity contribution in [2.45, 2.75) is 13.8 Å². The van der Waals surface area contributed by atoms with E-state index in [-0.39, 0.29) is 13.2 Å². The molecule has 0 spiro atoms. The molecule has 0 saturated carbocycles. The van der Waals surface area contributed by atoms with E-state index in [0.717, 1.165) is 0 Å². The maximum absolute atomic E-state index is 12.3. The number of halogens is 2. The fourth-order valence-electron chi connectivity index (χ4n) is 2.48. The summed E-state index contributed by atoms with van der Waals surface area (Å²) >= 11 is 6.71. The second kappa shape index (κ2) is 12.9. The number of anilines is 1. The van der Waals surface area contributed by atoms with Gasteiger partial charge in [-0.05, 0) is 75.5 Å². The summed E-state index contributed by atoms with van der Waals surface area (Å²) in [5.41, 5.74) is 3.49. The number of amides is 2. The van der Waals surface area contributed by atoms with Gasteiger partial charge in [0.05, 0.1) is 30.1 Å². The van der Waals surface area contributed by atoms with Crippen LogP contribution in [0, 0.1) is 5.92 Å². The number of methoxy groups -OCH3 is 1. The summed E-state index contributed by atoms with van der Waals surface area (Å²) in [5, 5.41) is 6.60. The first-order chi connectivity index (χ1) is 15.8. The van der Waals surface area contributed by atoms with Gasteiger partial charge >= 0.3 is 5.97 Å². The van der Waals surface area contributed by atoms with Gasteiger partial charge in [0, 0.05) is 4.47 Å². The standard InChI is InChI=1S/C22H23Br2N3O6/c1-4-32-19(28)12-33-20-16(24)9-14(10-18(20)31-3)11-25-27-22(30)13(2)21(29)26-17-8-6-5-7-15(17)23/h5-11,13H,4,12H2,1-3H3,(H,26,29)(H,27,30). The van der Waals surface area contributed by atoms with Gasteiger partial charge in [0.1, 0.15) is 5.92 Å². The summed E-state index contributed by atoms with van der Waals surface area (Å²) in [6.07, 6.45) is 1.39. The lowest BCUT2D eigenvalue weighted by atomic mass is 10.1. The predicted molar refractivity (Wildman–Crippen MR) is 130 cm³/mol. The molecule has 0 radical (unpaired) electrons. The monoisotopic (exact) mass is 583 g/mol. The quantitative estimate of drug-likeness (QED) is 0.189. The molecule has 11 heteroatoms. The van der Waals surface area contributed by atoms with Gasteiger partial charge in [-0.2, -0.15) is 5.10 Å². The molecule has 33 heavy (non-hydrogen) atoms. The molecule has 1 unspecified atom stereocenters. The first-order valence-corrected chi connectivity index (χ1v) is 11.4. The van der Waals surface area contributed by atoms with E-state index in [9.17, 15) is 14.4 Å². The molecule has 0 fully saturated rings. The number of ether oxygens (including phenoxy) is 3. The summed E-state index contributed by atoms with van der Waals surface area (Å²) < 4.78 is 16.8. The molecule has 0 saturated heterocycles. The molecule has 176 valence electrons. The maximum atomic E-state index is 12.3. The van der Waals surface area contributed by atoms with Crippen molar-refractivity contribution in [3.63, 3.8) is 0 Å². The summed E-state index contributed by atoms with van der Waals surface area (Å²) in [7, 11) is 1.45. The number of rotatable bonds is 10. The first kappa shape index (κ1) is 26.3. The molecule has 0 bridgehead atoms. The highest BCUT2D eigenvalue weighted by atomic mass is 79.9. The zero-order valence-electron chi connectivity index (χ0n) is 18.2.